The van der Waals surface area contributed by atoms with Crippen LogP contribution >= 0.6 is 35.3 Å². The number of thiophene rings is 1. The van der Waals surface area contributed by atoms with E-state index in [0.717, 1.165) is 43.9 Å². The zero-order valence-corrected chi connectivity index (χ0v) is 22.3. The SMILES string of the molecule is CCNC(=NCc1cccc(C(=O)NCC2CCCO2)c1)NC(C)Cc1ccc(C)s1.I. The van der Waals surface area contributed by atoms with Crippen LogP contribution in [-0.4, -0.2) is 43.7 Å². The molecule has 0 saturated carbocycles. The summed E-state index contributed by atoms with van der Waals surface area (Å²) in [5.74, 6) is 0.725. The second kappa shape index (κ2) is 13.8. The topological polar surface area (TPSA) is 74.8 Å². The molecule has 2 heterocycles. The number of carbonyl (C=O) groups excluding carboxylic acids is 1. The van der Waals surface area contributed by atoms with E-state index in [9.17, 15) is 4.79 Å². The van der Waals surface area contributed by atoms with Gasteiger partial charge in [-0.2, -0.15) is 0 Å². The van der Waals surface area contributed by atoms with Crippen LogP contribution in [0.3, 0.4) is 0 Å². The minimum Gasteiger partial charge on any atom is -0.376 e. The van der Waals surface area contributed by atoms with E-state index >= 15 is 0 Å². The van der Waals surface area contributed by atoms with E-state index in [1.165, 1.54) is 9.75 Å². The van der Waals surface area contributed by atoms with Crippen LogP contribution in [-0.2, 0) is 17.7 Å². The molecule has 32 heavy (non-hydrogen) atoms. The van der Waals surface area contributed by atoms with Crippen LogP contribution in [0.1, 0.15) is 52.4 Å². The van der Waals surface area contributed by atoms with E-state index in [-0.39, 0.29) is 42.0 Å². The van der Waals surface area contributed by atoms with Crippen molar-refractivity contribution in [1.82, 2.24) is 16.0 Å². The molecule has 1 saturated heterocycles. The molecule has 2 atom stereocenters. The maximum absolute atomic E-state index is 12.5. The maximum atomic E-state index is 12.5. The summed E-state index contributed by atoms with van der Waals surface area (Å²) in [6, 6.07) is 12.3. The van der Waals surface area contributed by atoms with Gasteiger partial charge >= 0.3 is 0 Å². The monoisotopic (exact) mass is 570 g/mol. The van der Waals surface area contributed by atoms with Crippen LogP contribution in [0, 0.1) is 6.92 Å². The van der Waals surface area contributed by atoms with Crippen molar-refractivity contribution in [2.75, 3.05) is 19.7 Å². The van der Waals surface area contributed by atoms with Crippen LogP contribution in [0.25, 0.3) is 0 Å². The van der Waals surface area contributed by atoms with Gasteiger partial charge in [0.2, 0.25) is 0 Å². The summed E-state index contributed by atoms with van der Waals surface area (Å²) in [5, 5.41) is 9.78. The number of nitrogens with one attached hydrogen (secondary N) is 3. The van der Waals surface area contributed by atoms with Crippen molar-refractivity contribution in [2.45, 2.75) is 58.7 Å². The summed E-state index contributed by atoms with van der Waals surface area (Å²) in [6.45, 7) is 9.02. The molecule has 1 aromatic carbocycles. The zero-order chi connectivity index (χ0) is 22.1. The highest BCUT2D eigenvalue weighted by molar-refractivity contribution is 14.0. The van der Waals surface area contributed by atoms with E-state index in [4.69, 9.17) is 9.73 Å². The molecule has 0 bridgehead atoms. The quantitative estimate of drug-likeness (QED) is 0.239. The molecule has 8 heteroatoms. The Balaban J connectivity index is 0.00000363. The summed E-state index contributed by atoms with van der Waals surface area (Å²) in [4.78, 5) is 19.9. The van der Waals surface area contributed by atoms with Crippen molar-refractivity contribution in [2.24, 2.45) is 4.99 Å². The highest BCUT2D eigenvalue weighted by atomic mass is 127. The van der Waals surface area contributed by atoms with Crippen molar-refractivity contribution < 1.29 is 9.53 Å². The molecule has 1 aromatic heterocycles. The zero-order valence-electron chi connectivity index (χ0n) is 19.1. The maximum Gasteiger partial charge on any atom is 0.251 e. The van der Waals surface area contributed by atoms with Gasteiger partial charge in [-0.25, -0.2) is 4.99 Å². The number of benzene rings is 1. The van der Waals surface area contributed by atoms with Gasteiger partial charge < -0.3 is 20.7 Å². The summed E-state index contributed by atoms with van der Waals surface area (Å²) < 4.78 is 5.58. The van der Waals surface area contributed by atoms with Gasteiger partial charge in [0.05, 0.1) is 12.6 Å². The third-order valence-corrected chi connectivity index (χ3v) is 6.18. The summed E-state index contributed by atoms with van der Waals surface area (Å²) >= 11 is 1.84. The second-order valence-electron chi connectivity index (χ2n) is 8.00. The molecule has 1 amide bonds. The number of rotatable bonds is 9. The van der Waals surface area contributed by atoms with Crippen molar-refractivity contribution in [3.63, 3.8) is 0 Å². The minimum absolute atomic E-state index is 0. The molecule has 3 N–H and O–H groups in total. The number of guanidine groups is 1. The third kappa shape index (κ3) is 8.71. The molecule has 0 radical (unpaired) electrons. The summed E-state index contributed by atoms with van der Waals surface area (Å²) in [6.07, 6.45) is 3.19. The Morgan fingerprint density at radius 1 is 1.28 bits per heavy atom. The summed E-state index contributed by atoms with van der Waals surface area (Å²) in [5.41, 5.74) is 1.66. The third-order valence-electron chi connectivity index (χ3n) is 5.15. The fourth-order valence-corrected chi connectivity index (χ4v) is 4.62. The Morgan fingerprint density at radius 3 is 2.81 bits per heavy atom. The van der Waals surface area contributed by atoms with Crippen LogP contribution in [0.4, 0.5) is 0 Å². The van der Waals surface area contributed by atoms with Gasteiger partial charge in [0, 0.05) is 47.5 Å². The Kier molecular flexibility index (Phi) is 11.5. The first-order chi connectivity index (χ1) is 15.0. The average molecular weight is 571 g/mol. The largest absolute Gasteiger partial charge is 0.376 e. The van der Waals surface area contributed by atoms with Crippen LogP contribution in [0.2, 0.25) is 0 Å². The van der Waals surface area contributed by atoms with E-state index in [1.54, 1.807) is 0 Å². The average Bonchev–Trinajstić information content (AvgIpc) is 3.42. The lowest BCUT2D eigenvalue weighted by Gasteiger charge is -2.17. The molecule has 2 unspecified atom stereocenters. The standard InChI is InChI=1S/C24H34N4O2S.HI/c1-4-25-24(28-17(2)13-22-11-10-18(3)31-22)27-15-19-7-5-8-20(14-19)23(29)26-16-21-9-6-12-30-21;/h5,7-8,10-11,14,17,21H,4,6,9,12-13,15-16H2,1-3H3,(H,26,29)(H2,25,27,28);1H. The number of halogens is 1. The van der Waals surface area contributed by atoms with Crippen molar-refractivity contribution in [3.8, 4) is 0 Å². The van der Waals surface area contributed by atoms with E-state index in [2.05, 4.69) is 48.9 Å². The molecular weight excluding hydrogens is 535 g/mol. The molecule has 1 aliphatic heterocycles. The first-order valence-electron chi connectivity index (χ1n) is 11.1. The molecule has 6 nitrogen and oxygen atoms in total. The van der Waals surface area contributed by atoms with Crippen molar-refractivity contribution in [1.29, 1.82) is 0 Å². The second-order valence-corrected chi connectivity index (χ2v) is 9.37. The van der Waals surface area contributed by atoms with Gasteiger partial charge in [-0.15, -0.1) is 35.3 Å². The summed E-state index contributed by atoms with van der Waals surface area (Å²) in [7, 11) is 0. The van der Waals surface area contributed by atoms with E-state index in [0.29, 0.717) is 18.7 Å². The first-order valence-corrected chi connectivity index (χ1v) is 11.9. The number of ether oxygens (including phenoxy) is 1. The van der Waals surface area contributed by atoms with E-state index in [1.807, 2.05) is 35.6 Å². The fraction of sp³-hybridized carbons (Fsp3) is 0.500. The first kappa shape index (κ1) is 26.6. The number of hydrogen-bond acceptors (Lipinski definition) is 4. The molecule has 2 aromatic rings. The van der Waals surface area contributed by atoms with Crippen LogP contribution < -0.4 is 16.0 Å². The number of carbonyl (C=O) groups is 1. The van der Waals surface area contributed by atoms with Crippen molar-refractivity contribution >= 4 is 47.2 Å². The van der Waals surface area contributed by atoms with Crippen molar-refractivity contribution in [3.05, 3.63) is 57.3 Å². The Morgan fingerprint density at radius 2 is 2.12 bits per heavy atom. The highest BCUT2D eigenvalue weighted by Gasteiger charge is 2.16. The van der Waals surface area contributed by atoms with Gasteiger partial charge in [0.25, 0.3) is 5.91 Å². The predicted octanol–water partition coefficient (Wildman–Crippen LogP) is 4.27. The number of hydrogen-bond donors (Lipinski definition) is 3. The minimum atomic E-state index is -0.0637. The Bertz CT molecular complexity index is 880. The molecule has 3 rings (SSSR count). The number of amides is 1. The van der Waals surface area contributed by atoms with Gasteiger partial charge in [-0.1, -0.05) is 12.1 Å². The smallest absolute Gasteiger partial charge is 0.251 e. The van der Waals surface area contributed by atoms with Crippen LogP contribution in [0.5, 0.6) is 0 Å². The highest BCUT2D eigenvalue weighted by Crippen LogP contribution is 2.16. The lowest BCUT2D eigenvalue weighted by atomic mass is 10.1. The molecular formula is C24H35IN4O2S. The normalized spacial score (nSPS) is 16.8. The van der Waals surface area contributed by atoms with Gasteiger partial charge in [-0.3, -0.25) is 4.79 Å². The van der Waals surface area contributed by atoms with E-state index < -0.39 is 0 Å². The number of nitrogens with zero attached hydrogens (tertiary/aromatic N) is 1. The molecule has 176 valence electrons. The van der Waals surface area contributed by atoms with Gasteiger partial charge in [0.15, 0.2) is 5.96 Å². The predicted molar refractivity (Wildman–Crippen MR) is 143 cm³/mol. The number of aliphatic imine (C=N–C) groups is 1. The Hall–Kier alpha value is -1.65. The van der Waals surface area contributed by atoms with Crippen LogP contribution in [0.15, 0.2) is 41.4 Å². The van der Waals surface area contributed by atoms with Gasteiger partial charge in [-0.05, 0) is 63.4 Å². The molecule has 1 aliphatic rings. The molecule has 1 fully saturated rings. The lowest BCUT2D eigenvalue weighted by molar-refractivity contribution is 0.0857. The molecule has 0 spiro atoms. The Labute approximate surface area is 212 Å². The molecule has 0 aliphatic carbocycles. The van der Waals surface area contributed by atoms with Gasteiger partial charge in [0.1, 0.15) is 0 Å². The fourth-order valence-electron chi connectivity index (χ4n) is 3.60. The number of aryl methyl sites for hydroxylation is 1. The lowest BCUT2D eigenvalue weighted by Crippen LogP contribution is -2.43.